The van der Waals surface area contributed by atoms with Gasteiger partial charge in [-0.3, -0.25) is 4.79 Å². The third-order valence-corrected chi connectivity index (χ3v) is 5.69. The minimum absolute atomic E-state index is 0.324. The molecule has 0 saturated heterocycles. The number of aryl methyl sites for hydroxylation is 1. The highest BCUT2D eigenvalue weighted by atomic mass is 19.1. The molecule has 3 aromatic carbocycles. The van der Waals surface area contributed by atoms with Gasteiger partial charge in [0.15, 0.2) is 0 Å². The highest BCUT2D eigenvalue weighted by Crippen LogP contribution is 2.25. The molecule has 0 aliphatic carbocycles. The van der Waals surface area contributed by atoms with Gasteiger partial charge in [-0.15, -0.1) is 0 Å². The Morgan fingerprint density at radius 2 is 1.85 bits per heavy atom. The first kappa shape index (κ1) is 20.6. The zero-order valence-corrected chi connectivity index (χ0v) is 18.0. The van der Waals surface area contributed by atoms with Crippen LogP contribution in [0.5, 0.6) is 0 Å². The Balaban J connectivity index is 1.46. The van der Waals surface area contributed by atoms with Crippen molar-refractivity contribution in [2.45, 2.75) is 13.3 Å². The highest BCUT2D eigenvalue weighted by molar-refractivity contribution is 6.07. The Kier molecular flexibility index (Phi) is 5.40. The van der Waals surface area contributed by atoms with Crippen molar-refractivity contribution >= 4 is 33.9 Å². The molecular formula is C27H21FN4O. The summed E-state index contributed by atoms with van der Waals surface area (Å²) in [6, 6.07) is 21.3. The Morgan fingerprint density at radius 1 is 1.06 bits per heavy atom. The monoisotopic (exact) mass is 436 g/mol. The van der Waals surface area contributed by atoms with Crippen molar-refractivity contribution in [1.29, 1.82) is 0 Å². The predicted molar refractivity (Wildman–Crippen MR) is 130 cm³/mol. The number of H-pyrrole nitrogens is 1. The Bertz CT molecular complexity index is 1500. The molecule has 0 radical (unpaired) electrons. The number of hydrogen-bond acceptors (Lipinski definition) is 3. The summed E-state index contributed by atoms with van der Waals surface area (Å²) >= 11 is 0. The van der Waals surface area contributed by atoms with E-state index >= 15 is 0 Å². The van der Waals surface area contributed by atoms with Gasteiger partial charge >= 0.3 is 0 Å². The molecule has 5 rings (SSSR count). The van der Waals surface area contributed by atoms with Gasteiger partial charge in [-0.05, 0) is 48.4 Å². The summed E-state index contributed by atoms with van der Waals surface area (Å²) in [5, 5.41) is 5.98. The second kappa shape index (κ2) is 8.67. The lowest BCUT2D eigenvalue weighted by molar-refractivity contribution is 0.0956. The highest BCUT2D eigenvalue weighted by Gasteiger charge is 2.14. The normalized spacial score (nSPS) is 11.5. The second-order valence-corrected chi connectivity index (χ2v) is 7.72. The number of nitrogens with zero attached hydrogens (tertiary/aromatic N) is 2. The Hall–Kier alpha value is -4.32. The Morgan fingerprint density at radius 3 is 2.67 bits per heavy atom. The average Bonchev–Trinajstić information content (AvgIpc) is 3.27. The van der Waals surface area contributed by atoms with Crippen LogP contribution in [-0.2, 0) is 6.42 Å². The largest absolute Gasteiger partial charge is 0.360 e. The SMILES string of the molecule is CCc1cccc2c(/C=N/NC(=O)c3cc(-c4ccc(F)cc4)nc4ccccc34)c[nH]c12. The first-order valence-corrected chi connectivity index (χ1v) is 10.7. The van der Waals surface area contributed by atoms with E-state index in [1.165, 1.54) is 17.7 Å². The van der Waals surface area contributed by atoms with Gasteiger partial charge in [0.1, 0.15) is 5.82 Å². The minimum Gasteiger partial charge on any atom is -0.360 e. The van der Waals surface area contributed by atoms with E-state index < -0.39 is 0 Å². The molecule has 0 bridgehead atoms. The third kappa shape index (κ3) is 3.99. The van der Waals surface area contributed by atoms with Gasteiger partial charge in [0, 0.05) is 33.6 Å². The first-order chi connectivity index (χ1) is 16.1. The van der Waals surface area contributed by atoms with E-state index in [0.717, 1.165) is 33.8 Å². The lowest BCUT2D eigenvalue weighted by atomic mass is 10.0. The van der Waals surface area contributed by atoms with Crippen molar-refractivity contribution in [1.82, 2.24) is 15.4 Å². The number of pyridine rings is 1. The van der Waals surface area contributed by atoms with Crippen molar-refractivity contribution in [3.8, 4) is 11.3 Å². The minimum atomic E-state index is -0.345. The number of benzene rings is 3. The van der Waals surface area contributed by atoms with Crippen LogP contribution in [0, 0.1) is 5.82 Å². The van der Waals surface area contributed by atoms with E-state index in [0.29, 0.717) is 16.8 Å². The summed E-state index contributed by atoms with van der Waals surface area (Å²) in [7, 11) is 0. The summed E-state index contributed by atoms with van der Waals surface area (Å²) in [4.78, 5) is 21.0. The van der Waals surface area contributed by atoms with Gasteiger partial charge in [-0.2, -0.15) is 5.10 Å². The Labute approximate surface area is 190 Å². The predicted octanol–water partition coefficient (Wildman–Crippen LogP) is 5.85. The molecule has 5 nitrogen and oxygen atoms in total. The van der Waals surface area contributed by atoms with Crippen LogP contribution >= 0.6 is 0 Å². The van der Waals surface area contributed by atoms with Crippen molar-refractivity contribution in [3.05, 3.63) is 102 Å². The van der Waals surface area contributed by atoms with Crippen molar-refractivity contribution in [3.63, 3.8) is 0 Å². The molecular weight excluding hydrogens is 415 g/mol. The quantitative estimate of drug-likeness (QED) is 0.268. The topological polar surface area (TPSA) is 70.1 Å². The van der Waals surface area contributed by atoms with Crippen LogP contribution in [0.4, 0.5) is 4.39 Å². The molecule has 0 fully saturated rings. The summed E-state index contributed by atoms with van der Waals surface area (Å²) < 4.78 is 13.4. The average molecular weight is 436 g/mol. The maximum absolute atomic E-state index is 13.4. The van der Waals surface area contributed by atoms with Crippen LogP contribution < -0.4 is 5.43 Å². The van der Waals surface area contributed by atoms with E-state index in [9.17, 15) is 9.18 Å². The lowest BCUT2D eigenvalue weighted by Gasteiger charge is -2.09. The standard InChI is InChI=1S/C27H21FN4O/c1-2-17-6-5-8-21-19(15-29-26(17)21)16-30-32-27(33)23-14-25(18-10-12-20(28)13-11-18)31-24-9-4-3-7-22(23)24/h3-16,29H,2H2,1H3,(H,32,33)/b30-16+. The number of hydrazone groups is 1. The molecule has 0 aliphatic heterocycles. The number of aromatic nitrogens is 2. The molecule has 0 spiro atoms. The molecule has 0 saturated carbocycles. The fourth-order valence-corrected chi connectivity index (χ4v) is 3.99. The van der Waals surface area contributed by atoms with Gasteiger partial charge in [0.2, 0.25) is 0 Å². The van der Waals surface area contributed by atoms with Gasteiger partial charge in [-0.1, -0.05) is 43.3 Å². The van der Waals surface area contributed by atoms with Crippen LogP contribution in [0.3, 0.4) is 0 Å². The number of carbonyl (C=O) groups excluding carboxylic acids is 1. The number of fused-ring (bicyclic) bond motifs is 2. The molecule has 162 valence electrons. The maximum Gasteiger partial charge on any atom is 0.272 e. The lowest BCUT2D eigenvalue weighted by Crippen LogP contribution is -2.18. The van der Waals surface area contributed by atoms with Crippen LogP contribution in [0.1, 0.15) is 28.4 Å². The molecule has 0 unspecified atom stereocenters. The number of rotatable bonds is 5. The molecule has 2 aromatic heterocycles. The van der Waals surface area contributed by atoms with Crippen LogP contribution in [0.2, 0.25) is 0 Å². The number of amides is 1. The van der Waals surface area contributed by atoms with E-state index in [-0.39, 0.29) is 11.7 Å². The van der Waals surface area contributed by atoms with Gasteiger partial charge in [-0.25, -0.2) is 14.8 Å². The molecule has 6 heteroatoms. The van der Waals surface area contributed by atoms with Crippen molar-refractivity contribution in [2.75, 3.05) is 0 Å². The molecule has 5 aromatic rings. The summed E-state index contributed by atoms with van der Waals surface area (Å²) in [6.07, 6.45) is 4.45. The number of aromatic amines is 1. The molecule has 0 atom stereocenters. The van der Waals surface area contributed by atoms with Crippen LogP contribution in [-0.4, -0.2) is 22.1 Å². The van der Waals surface area contributed by atoms with Crippen molar-refractivity contribution < 1.29 is 9.18 Å². The maximum atomic E-state index is 13.4. The smallest absolute Gasteiger partial charge is 0.272 e. The van der Waals surface area contributed by atoms with Gasteiger partial charge in [0.05, 0.1) is 23.0 Å². The molecule has 2 N–H and O–H groups in total. The van der Waals surface area contributed by atoms with Gasteiger partial charge in [0.25, 0.3) is 5.91 Å². The molecule has 33 heavy (non-hydrogen) atoms. The molecule has 2 heterocycles. The summed E-state index contributed by atoms with van der Waals surface area (Å²) in [5.41, 5.74) is 8.29. The first-order valence-electron chi connectivity index (χ1n) is 10.7. The van der Waals surface area contributed by atoms with E-state index in [2.05, 4.69) is 33.5 Å². The number of hydrogen-bond donors (Lipinski definition) is 2. The molecule has 0 aliphatic rings. The zero-order chi connectivity index (χ0) is 22.8. The van der Waals surface area contributed by atoms with Crippen molar-refractivity contribution in [2.24, 2.45) is 5.10 Å². The van der Waals surface area contributed by atoms with Crippen LogP contribution in [0.15, 0.2) is 84.1 Å². The molecule has 1 amide bonds. The zero-order valence-electron chi connectivity index (χ0n) is 18.0. The number of para-hydroxylation sites is 2. The summed E-state index contributed by atoms with van der Waals surface area (Å²) in [5.74, 6) is -0.669. The van der Waals surface area contributed by atoms with E-state index in [4.69, 9.17) is 0 Å². The second-order valence-electron chi connectivity index (χ2n) is 7.72. The third-order valence-electron chi connectivity index (χ3n) is 5.69. The number of halogens is 1. The number of nitrogens with one attached hydrogen (secondary N) is 2. The fraction of sp³-hybridized carbons (Fsp3) is 0.0741. The van der Waals surface area contributed by atoms with Gasteiger partial charge < -0.3 is 4.98 Å². The number of carbonyl (C=O) groups is 1. The fourth-order valence-electron chi connectivity index (χ4n) is 3.99. The van der Waals surface area contributed by atoms with E-state index in [1.54, 1.807) is 24.4 Å². The van der Waals surface area contributed by atoms with Crippen LogP contribution in [0.25, 0.3) is 33.1 Å². The van der Waals surface area contributed by atoms with E-state index in [1.807, 2.05) is 42.6 Å². The summed E-state index contributed by atoms with van der Waals surface area (Å²) in [6.45, 7) is 2.11.